The van der Waals surface area contributed by atoms with Gasteiger partial charge in [0.2, 0.25) is 0 Å². The van der Waals surface area contributed by atoms with Gasteiger partial charge in [-0.2, -0.15) is 0 Å². The molecule has 0 saturated carbocycles. The van der Waals surface area contributed by atoms with Gasteiger partial charge in [0.25, 0.3) is 0 Å². The van der Waals surface area contributed by atoms with Crippen LogP contribution in [0.3, 0.4) is 0 Å². The van der Waals surface area contributed by atoms with Crippen molar-refractivity contribution in [1.29, 1.82) is 0 Å². The minimum absolute atomic E-state index is 1.14. The predicted molar refractivity (Wildman–Crippen MR) is 299 cm³/mol. The Morgan fingerprint density at radius 1 is 0.243 bits per heavy atom. The van der Waals surface area contributed by atoms with Crippen LogP contribution in [0.2, 0.25) is 0 Å². The van der Waals surface area contributed by atoms with Gasteiger partial charge in [-0.3, -0.25) is 0 Å². The van der Waals surface area contributed by atoms with Crippen molar-refractivity contribution >= 4 is 94.2 Å². The van der Waals surface area contributed by atoms with Gasteiger partial charge in [0.1, 0.15) is 0 Å². The molecule has 4 heteroatoms. The van der Waals surface area contributed by atoms with E-state index >= 15 is 0 Å². The van der Waals surface area contributed by atoms with E-state index < -0.39 is 8.07 Å². The van der Waals surface area contributed by atoms with Crippen LogP contribution in [0.4, 0.5) is 0 Å². The van der Waals surface area contributed by atoms with Crippen LogP contribution in [0.15, 0.2) is 273 Å². The smallest absolute Gasteiger partial charge is 0.179 e. The quantitative estimate of drug-likeness (QED) is 0.107. The van der Waals surface area contributed by atoms with E-state index in [0.29, 0.717) is 0 Å². The highest BCUT2D eigenvalue weighted by atomic mass is 28.3. The van der Waals surface area contributed by atoms with E-state index in [0.717, 1.165) is 17.1 Å². The second-order valence-electron chi connectivity index (χ2n) is 18.4. The van der Waals surface area contributed by atoms with E-state index in [1.165, 1.54) is 97.3 Å². The maximum atomic E-state index is 2.51. The molecule has 0 aliphatic rings. The maximum absolute atomic E-state index is 2.70. The van der Waals surface area contributed by atoms with Crippen molar-refractivity contribution in [2.45, 2.75) is 0 Å². The monoisotopic (exact) mass is 907 g/mol. The highest BCUT2D eigenvalue weighted by Gasteiger charge is 2.41. The van der Waals surface area contributed by atoms with Crippen molar-refractivity contribution in [2.24, 2.45) is 0 Å². The molecule has 3 nitrogen and oxygen atoms in total. The van der Waals surface area contributed by atoms with Crippen LogP contribution >= 0.6 is 0 Å². The van der Waals surface area contributed by atoms with Crippen molar-refractivity contribution in [3.8, 4) is 28.2 Å². The lowest BCUT2D eigenvalue weighted by atomic mass is 9.98. The Hall–Kier alpha value is -8.96. The van der Waals surface area contributed by atoms with Gasteiger partial charge in [-0.15, -0.1) is 0 Å². The lowest BCUT2D eigenvalue weighted by molar-refractivity contribution is 1.17. The Bertz CT molecular complexity index is 4170. The first kappa shape index (κ1) is 40.1. The third kappa shape index (κ3) is 5.94. The van der Waals surface area contributed by atoms with E-state index in [2.05, 4.69) is 287 Å². The fraction of sp³-hybridized carbons (Fsp3) is 0. The van der Waals surface area contributed by atoms with Crippen LogP contribution in [0.1, 0.15) is 0 Å². The fourth-order valence-electron chi connectivity index (χ4n) is 11.9. The fourth-order valence-corrected chi connectivity index (χ4v) is 16.6. The molecule has 0 aliphatic heterocycles. The summed E-state index contributed by atoms with van der Waals surface area (Å²) in [5.41, 5.74) is 13.0. The SMILES string of the molecule is c1ccc(-n2c3ccccc3c3ccc(-c4cccc5c4c4ccccc4n5-c4cccc5c4c4ccccc4n5-c4ccc([Si](c5ccccc5)(c5ccccc5)c5ccccc5)cc4)cc32)cc1. The molecular weight excluding hydrogens is 863 g/mol. The zero-order chi connectivity index (χ0) is 46.2. The lowest BCUT2D eigenvalue weighted by Gasteiger charge is -2.34. The minimum Gasteiger partial charge on any atom is -0.309 e. The third-order valence-electron chi connectivity index (χ3n) is 14.8. The van der Waals surface area contributed by atoms with Crippen molar-refractivity contribution < 1.29 is 0 Å². The van der Waals surface area contributed by atoms with Gasteiger partial charge in [-0.05, 0) is 98.6 Å². The number of nitrogens with zero attached hydrogens (tertiary/aromatic N) is 3. The predicted octanol–water partition coefficient (Wildman–Crippen LogP) is 14.0. The molecule has 70 heavy (non-hydrogen) atoms. The van der Waals surface area contributed by atoms with Crippen LogP contribution in [0, 0.1) is 0 Å². The molecule has 14 rings (SSSR count). The molecule has 14 aromatic rings. The summed E-state index contributed by atoms with van der Waals surface area (Å²) in [7, 11) is -2.70. The molecule has 3 heterocycles. The van der Waals surface area contributed by atoms with Gasteiger partial charge >= 0.3 is 0 Å². The molecule has 0 bridgehead atoms. The normalized spacial score (nSPS) is 12.0. The number of fused-ring (bicyclic) bond motifs is 9. The van der Waals surface area contributed by atoms with Crippen molar-refractivity contribution in [2.75, 3.05) is 0 Å². The largest absolute Gasteiger partial charge is 0.309 e. The Labute approximate surface area is 407 Å². The molecular formula is C66H45N3Si. The standard InChI is InChI=1S/C66H45N3Si/c1-5-21-47(22-6-1)68-58-33-16-13-29-54(58)55-44-39-46(45-64(55)68)53-32-19-36-61-65(53)56-30-14-18-35-60(56)69(61)63-38-20-37-62-66(63)57-31-15-17-34-59(57)67(62)48-40-42-52(43-41-48)70(49-23-7-2-8-24-49,50-25-9-3-10-26-50)51-27-11-4-12-28-51/h1-45H. The zero-order valence-corrected chi connectivity index (χ0v) is 39.3. The molecule has 0 radical (unpaired) electrons. The van der Waals surface area contributed by atoms with E-state index in [-0.39, 0.29) is 0 Å². The van der Waals surface area contributed by atoms with Crippen LogP contribution in [-0.2, 0) is 0 Å². The number of para-hydroxylation sites is 4. The summed E-state index contributed by atoms with van der Waals surface area (Å²) in [4.78, 5) is 0. The van der Waals surface area contributed by atoms with E-state index in [9.17, 15) is 0 Å². The molecule has 0 aliphatic carbocycles. The molecule has 0 amide bonds. The van der Waals surface area contributed by atoms with Gasteiger partial charge < -0.3 is 13.7 Å². The summed E-state index contributed by atoms with van der Waals surface area (Å²) in [5, 5.41) is 12.9. The number of hydrogen-bond acceptors (Lipinski definition) is 0. The molecule has 328 valence electrons. The summed E-state index contributed by atoms with van der Waals surface area (Å²) in [6, 6.07) is 101. The van der Waals surface area contributed by atoms with E-state index in [1.807, 2.05) is 0 Å². The summed E-state index contributed by atoms with van der Waals surface area (Å²) < 4.78 is 7.39. The topological polar surface area (TPSA) is 14.8 Å². The number of aromatic nitrogens is 3. The average molecular weight is 908 g/mol. The van der Waals surface area contributed by atoms with E-state index in [1.54, 1.807) is 0 Å². The molecule has 0 fully saturated rings. The van der Waals surface area contributed by atoms with Gasteiger partial charge in [-0.25, -0.2) is 0 Å². The summed E-state index contributed by atoms with van der Waals surface area (Å²) in [6.45, 7) is 0. The first-order valence-electron chi connectivity index (χ1n) is 24.2. The Balaban J connectivity index is 0.969. The Morgan fingerprint density at radius 3 is 1.27 bits per heavy atom. The lowest BCUT2D eigenvalue weighted by Crippen LogP contribution is -2.74. The molecule has 0 atom stereocenters. The Kier molecular flexibility index (Phi) is 9.23. The van der Waals surface area contributed by atoms with Crippen molar-refractivity contribution in [3.63, 3.8) is 0 Å². The highest BCUT2D eigenvalue weighted by molar-refractivity contribution is 7.19. The summed E-state index contributed by atoms with van der Waals surface area (Å²) >= 11 is 0. The van der Waals surface area contributed by atoms with Crippen molar-refractivity contribution in [1.82, 2.24) is 13.7 Å². The molecule has 3 aromatic heterocycles. The highest BCUT2D eigenvalue weighted by Crippen LogP contribution is 2.43. The molecule has 11 aromatic carbocycles. The second kappa shape index (κ2) is 16.1. The number of benzene rings is 11. The number of hydrogen-bond donors (Lipinski definition) is 0. The summed E-state index contributed by atoms with van der Waals surface area (Å²) in [6.07, 6.45) is 0. The first-order chi connectivity index (χ1) is 34.8. The third-order valence-corrected chi connectivity index (χ3v) is 19.6. The van der Waals surface area contributed by atoms with Crippen molar-refractivity contribution in [3.05, 3.63) is 273 Å². The molecule has 0 spiro atoms. The second-order valence-corrected chi connectivity index (χ2v) is 22.2. The number of rotatable bonds is 8. The maximum Gasteiger partial charge on any atom is 0.179 e. The summed E-state index contributed by atoms with van der Waals surface area (Å²) in [5.74, 6) is 0. The van der Waals surface area contributed by atoms with Gasteiger partial charge in [0.05, 0.1) is 38.8 Å². The zero-order valence-electron chi connectivity index (χ0n) is 38.3. The van der Waals surface area contributed by atoms with Crippen LogP contribution < -0.4 is 20.7 Å². The first-order valence-corrected chi connectivity index (χ1v) is 26.2. The van der Waals surface area contributed by atoms with Gasteiger partial charge in [-0.1, -0.05) is 206 Å². The van der Waals surface area contributed by atoms with Gasteiger partial charge in [0.15, 0.2) is 8.07 Å². The van der Waals surface area contributed by atoms with Crippen LogP contribution in [-0.4, -0.2) is 21.8 Å². The van der Waals surface area contributed by atoms with Crippen LogP contribution in [0.5, 0.6) is 0 Å². The average Bonchev–Trinajstić information content (AvgIpc) is 4.08. The van der Waals surface area contributed by atoms with Crippen LogP contribution in [0.25, 0.3) is 93.6 Å². The molecule has 0 unspecified atom stereocenters. The minimum atomic E-state index is -2.70. The molecule has 0 saturated heterocycles. The van der Waals surface area contributed by atoms with E-state index in [4.69, 9.17) is 0 Å². The Morgan fingerprint density at radius 2 is 0.657 bits per heavy atom. The molecule has 0 N–H and O–H groups in total. The van der Waals surface area contributed by atoms with Gasteiger partial charge in [0, 0.05) is 43.7 Å².